The average Bonchev–Trinajstić information content (AvgIpc) is 3.39. The molecule has 31 heavy (non-hydrogen) atoms. The molecule has 1 fully saturated rings. The number of ether oxygens (including phenoxy) is 1. The lowest BCUT2D eigenvalue weighted by molar-refractivity contribution is -0.139. The molecule has 0 saturated carbocycles. The number of halogens is 3. The molecule has 1 unspecified atom stereocenters. The van der Waals surface area contributed by atoms with E-state index >= 15 is 0 Å². The van der Waals surface area contributed by atoms with Crippen LogP contribution in [0.1, 0.15) is 29.7 Å². The molecule has 0 bridgehead atoms. The van der Waals surface area contributed by atoms with Gasteiger partial charge in [0.1, 0.15) is 11.9 Å². The number of likely N-dealkylation sites (tertiary alicyclic amines) is 1. The van der Waals surface area contributed by atoms with Gasteiger partial charge in [-0.1, -0.05) is 23.9 Å². The molecule has 1 aromatic carbocycles. The molecule has 2 aliphatic heterocycles. The number of nitrogens with zero attached hydrogens (tertiary/aromatic N) is 2. The largest absolute Gasteiger partial charge is 0.490 e. The first-order valence-corrected chi connectivity index (χ1v) is 11.4. The van der Waals surface area contributed by atoms with Crippen LogP contribution in [0.25, 0.3) is 0 Å². The molecular weight excluding hydrogens is 451 g/mol. The van der Waals surface area contributed by atoms with Gasteiger partial charge in [-0.05, 0) is 30.4 Å². The number of aromatic nitrogens is 1. The van der Waals surface area contributed by atoms with Crippen molar-refractivity contribution in [1.82, 2.24) is 15.2 Å². The fourth-order valence-corrected chi connectivity index (χ4v) is 5.90. The number of rotatable bonds is 6. The zero-order valence-corrected chi connectivity index (χ0v) is 17.9. The van der Waals surface area contributed by atoms with Crippen LogP contribution in [0.4, 0.5) is 13.2 Å². The Morgan fingerprint density at radius 2 is 2.06 bits per heavy atom. The fraction of sp³-hybridized carbons (Fsp3) is 0.400. The van der Waals surface area contributed by atoms with Crippen LogP contribution >= 0.6 is 23.1 Å². The molecule has 2 aromatic rings. The van der Waals surface area contributed by atoms with E-state index in [1.165, 1.54) is 41.3 Å². The van der Waals surface area contributed by atoms with Crippen LogP contribution in [0.2, 0.25) is 0 Å². The molecule has 0 amide bonds. The van der Waals surface area contributed by atoms with E-state index in [-0.39, 0.29) is 18.3 Å². The third kappa shape index (κ3) is 4.68. The highest BCUT2D eigenvalue weighted by Gasteiger charge is 2.45. The molecule has 0 radical (unpaired) electrons. The zero-order valence-electron chi connectivity index (χ0n) is 16.3. The minimum atomic E-state index is -4.47. The van der Waals surface area contributed by atoms with Crippen LogP contribution in [0.3, 0.4) is 0 Å². The highest BCUT2D eigenvalue weighted by atomic mass is 32.2. The van der Waals surface area contributed by atoms with Crippen molar-refractivity contribution in [2.75, 3.05) is 13.1 Å². The summed E-state index contributed by atoms with van der Waals surface area (Å²) in [6.45, 7) is 1.15. The maximum absolute atomic E-state index is 13.3. The highest BCUT2D eigenvalue weighted by Crippen LogP contribution is 2.47. The van der Waals surface area contributed by atoms with Gasteiger partial charge in [0.2, 0.25) is 0 Å². The summed E-state index contributed by atoms with van der Waals surface area (Å²) in [4.78, 5) is 17.7. The number of hydrogen-bond donors (Lipinski definition) is 2. The summed E-state index contributed by atoms with van der Waals surface area (Å²) in [5.41, 5.74) is 1.57. The van der Waals surface area contributed by atoms with Crippen molar-refractivity contribution >= 4 is 29.1 Å². The third-order valence-electron chi connectivity index (χ3n) is 5.18. The topological polar surface area (TPSA) is 74.7 Å². The number of benzene rings is 1. The molecule has 6 nitrogen and oxygen atoms in total. The van der Waals surface area contributed by atoms with Gasteiger partial charge in [0, 0.05) is 25.0 Å². The lowest BCUT2D eigenvalue weighted by atomic mass is 10.1. The molecule has 166 valence electrons. The fourth-order valence-electron chi connectivity index (χ4n) is 3.77. The van der Waals surface area contributed by atoms with Gasteiger partial charge in [-0.2, -0.15) is 13.2 Å². The summed E-state index contributed by atoms with van der Waals surface area (Å²) in [5.74, 6) is -1.07. The summed E-state index contributed by atoms with van der Waals surface area (Å²) in [7, 11) is 0. The van der Waals surface area contributed by atoms with E-state index in [4.69, 9.17) is 9.84 Å². The highest BCUT2D eigenvalue weighted by molar-refractivity contribution is 8.03. The van der Waals surface area contributed by atoms with Gasteiger partial charge in [-0.3, -0.25) is 14.7 Å². The van der Waals surface area contributed by atoms with Gasteiger partial charge >= 0.3 is 12.1 Å². The molecule has 1 saturated heterocycles. The first-order chi connectivity index (χ1) is 14.8. The molecule has 2 N–H and O–H groups in total. The number of piperidine rings is 1. The minimum absolute atomic E-state index is 0.110. The van der Waals surface area contributed by atoms with Gasteiger partial charge < -0.3 is 15.2 Å². The van der Waals surface area contributed by atoms with Crippen molar-refractivity contribution in [2.45, 2.75) is 36.5 Å². The normalized spacial score (nSPS) is 22.7. The SMILES string of the molecule is O=C(O)CC1=CSC(c2cncs2)(N2CCC(Oc3ccccc3C(F)(F)F)CC2)N1. The van der Waals surface area contributed by atoms with E-state index in [0.717, 1.165) is 10.9 Å². The number of nitrogens with one attached hydrogen (secondary N) is 1. The van der Waals surface area contributed by atoms with Gasteiger partial charge in [0.15, 0.2) is 4.99 Å². The molecule has 0 aliphatic carbocycles. The maximum atomic E-state index is 13.3. The Balaban J connectivity index is 1.46. The number of para-hydroxylation sites is 1. The Morgan fingerprint density at radius 1 is 1.32 bits per heavy atom. The first kappa shape index (κ1) is 22.0. The molecule has 2 aliphatic rings. The van der Waals surface area contributed by atoms with E-state index < -0.39 is 22.7 Å². The Bertz CT molecular complexity index is 960. The lowest BCUT2D eigenvalue weighted by Gasteiger charge is -2.44. The van der Waals surface area contributed by atoms with Crippen molar-refractivity contribution in [3.05, 3.63) is 57.5 Å². The molecule has 4 rings (SSSR count). The summed E-state index contributed by atoms with van der Waals surface area (Å²) in [6, 6.07) is 5.26. The van der Waals surface area contributed by atoms with E-state index in [2.05, 4.69) is 15.2 Å². The van der Waals surface area contributed by atoms with E-state index in [1.54, 1.807) is 11.7 Å². The number of thioether (sulfide) groups is 1. The lowest BCUT2D eigenvalue weighted by Crippen LogP contribution is -2.54. The Hall–Kier alpha value is -2.24. The second kappa shape index (κ2) is 8.71. The number of alkyl halides is 3. The molecule has 0 spiro atoms. The van der Waals surface area contributed by atoms with E-state index in [1.807, 2.05) is 5.41 Å². The molecular formula is C20H20F3N3O3S2. The van der Waals surface area contributed by atoms with Crippen LogP contribution in [-0.4, -0.2) is 40.2 Å². The second-order valence-corrected chi connectivity index (χ2v) is 9.21. The smallest absolute Gasteiger partial charge is 0.419 e. The predicted octanol–water partition coefficient (Wildman–Crippen LogP) is 4.47. The predicted molar refractivity (Wildman–Crippen MR) is 112 cm³/mol. The molecule has 1 atom stereocenters. The quantitative estimate of drug-likeness (QED) is 0.644. The monoisotopic (exact) mass is 471 g/mol. The third-order valence-corrected chi connectivity index (χ3v) is 7.52. The number of carboxylic acid groups (broad SMARTS) is 1. The van der Waals surface area contributed by atoms with Crippen LogP contribution < -0.4 is 10.1 Å². The van der Waals surface area contributed by atoms with Crippen molar-refractivity contribution < 1.29 is 27.8 Å². The average molecular weight is 472 g/mol. The van der Waals surface area contributed by atoms with Crippen molar-refractivity contribution in [1.29, 1.82) is 0 Å². The van der Waals surface area contributed by atoms with Crippen LogP contribution in [0.15, 0.2) is 47.1 Å². The Labute approximate surface area is 185 Å². The standard InChI is InChI=1S/C20H20F3N3O3S2/c21-19(22,23)15-3-1-2-4-16(15)29-14-5-7-26(8-6-14)20(17-10-24-12-30-17)25-13(11-31-20)9-18(27)28/h1-4,10-12,14,25H,5-9H2,(H,27,28). The number of carbonyl (C=O) groups is 1. The first-order valence-electron chi connectivity index (χ1n) is 9.61. The van der Waals surface area contributed by atoms with Crippen LogP contribution in [0.5, 0.6) is 5.75 Å². The summed E-state index contributed by atoms with van der Waals surface area (Å²) >= 11 is 2.95. The van der Waals surface area contributed by atoms with Crippen LogP contribution in [0, 0.1) is 0 Å². The number of thiazole rings is 1. The number of aliphatic carboxylic acids is 1. The van der Waals surface area contributed by atoms with Gasteiger partial charge in [-0.15, -0.1) is 11.3 Å². The van der Waals surface area contributed by atoms with Gasteiger partial charge in [0.25, 0.3) is 0 Å². The Morgan fingerprint density at radius 3 is 2.71 bits per heavy atom. The number of hydrogen-bond acceptors (Lipinski definition) is 7. The minimum Gasteiger partial charge on any atom is -0.490 e. The molecule has 1 aromatic heterocycles. The van der Waals surface area contributed by atoms with Gasteiger partial charge in [0.05, 0.1) is 22.4 Å². The maximum Gasteiger partial charge on any atom is 0.419 e. The van der Waals surface area contributed by atoms with Crippen molar-refractivity contribution in [3.8, 4) is 5.75 Å². The van der Waals surface area contributed by atoms with E-state index in [9.17, 15) is 18.0 Å². The second-order valence-electron chi connectivity index (χ2n) is 7.26. The van der Waals surface area contributed by atoms with E-state index in [0.29, 0.717) is 31.6 Å². The van der Waals surface area contributed by atoms with Crippen LogP contribution in [-0.2, 0) is 16.0 Å². The summed E-state index contributed by atoms with van der Waals surface area (Å²) < 4.78 is 45.5. The molecule has 3 heterocycles. The van der Waals surface area contributed by atoms with Crippen molar-refractivity contribution in [3.63, 3.8) is 0 Å². The zero-order chi connectivity index (χ0) is 22.1. The molecule has 11 heteroatoms. The summed E-state index contributed by atoms with van der Waals surface area (Å²) in [5, 5.41) is 14.3. The van der Waals surface area contributed by atoms with Gasteiger partial charge in [-0.25, -0.2) is 0 Å². The Kier molecular flexibility index (Phi) is 6.18. The van der Waals surface area contributed by atoms with Crippen molar-refractivity contribution in [2.24, 2.45) is 0 Å². The number of carboxylic acids is 1. The summed E-state index contributed by atoms with van der Waals surface area (Å²) in [6.07, 6.45) is -2.07.